The van der Waals surface area contributed by atoms with Crippen molar-refractivity contribution in [2.45, 2.75) is 31.7 Å². The Kier molecular flexibility index (Phi) is 5.87. The van der Waals surface area contributed by atoms with Gasteiger partial charge in [-0.15, -0.1) is 0 Å². The minimum absolute atomic E-state index is 0.271. The first-order chi connectivity index (χ1) is 13.0. The summed E-state index contributed by atoms with van der Waals surface area (Å²) in [7, 11) is -2.06. The molecule has 0 fully saturated rings. The van der Waals surface area contributed by atoms with Gasteiger partial charge in [0.15, 0.2) is 0 Å². The van der Waals surface area contributed by atoms with E-state index < -0.39 is 10.0 Å². The molecule has 0 spiro atoms. The van der Waals surface area contributed by atoms with Crippen LogP contribution in [-0.2, 0) is 16.6 Å². The van der Waals surface area contributed by atoms with Gasteiger partial charge in [0.2, 0.25) is 0 Å². The van der Waals surface area contributed by atoms with Crippen molar-refractivity contribution >= 4 is 20.9 Å². The van der Waals surface area contributed by atoms with E-state index in [2.05, 4.69) is 18.7 Å². The van der Waals surface area contributed by atoms with Gasteiger partial charge in [-0.2, -0.15) is 0 Å². The van der Waals surface area contributed by atoms with Crippen LogP contribution in [0.2, 0.25) is 0 Å². The molecule has 0 radical (unpaired) electrons. The van der Waals surface area contributed by atoms with Crippen molar-refractivity contribution in [3.63, 3.8) is 0 Å². The molecule has 3 aromatic rings. The fourth-order valence-corrected chi connectivity index (χ4v) is 4.70. The fourth-order valence-electron chi connectivity index (χ4n) is 3.34. The highest BCUT2D eigenvalue weighted by molar-refractivity contribution is 7.90. The molecule has 27 heavy (non-hydrogen) atoms. The molecule has 0 amide bonds. The molecule has 0 aliphatic heterocycles. The largest absolute Gasteiger partial charge is 0.497 e. The van der Waals surface area contributed by atoms with Crippen molar-refractivity contribution in [2.24, 2.45) is 0 Å². The number of rotatable bonds is 8. The third-order valence-corrected chi connectivity index (χ3v) is 6.45. The van der Waals surface area contributed by atoms with Crippen molar-refractivity contribution in [1.82, 2.24) is 8.87 Å². The van der Waals surface area contributed by atoms with Gasteiger partial charge in [-0.3, -0.25) is 4.90 Å². The topological polar surface area (TPSA) is 51.5 Å². The smallest absolute Gasteiger partial charge is 0.268 e. The van der Waals surface area contributed by atoms with E-state index in [1.54, 1.807) is 49.7 Å². The van der Waals surface area contributed by atoms with E-state index in [1.807, 2.05) is 12.1 Å². The average Bonchev–Trinajstić information content (AvgIpc) is 3.13. The van der Waals surface area contributed by atoms with Crippen LogP contribution in [0.4, 0.5) is 0 Å². The predicted molar refractivity (Wildman–Crippen MR) is 109 cm³/mol. The minimum atomic E-state index is -3.66. The van der Waals surface area contributed by atoms with E-state index in [4.69, 9.17) is 4.74 Å². The highest BCUT2D eigenvalue weighted by Crippen LogP contribution is 2.30. The number of benzene rings is 2. The Hall–Kier alpha value is -2.31. The van der Waals surface area contributed by atoms with Crippen LogP contribution in [0.5, 0.6) is 5.75 Å². The lowest BCUT2D eigenvalue weighted by Crippen LogP contribution is -2.23. The molecule has 0 bridgehead atoms. The van der Waals surface area contributed by atoms with Crippen molar-refractivity contribution in [3.05, 3.63) is 60.3 Å². The zero-order valence-electron chi connectivity index (χ0n) is 16.1. The Morgan fingerprint density at radius 2 is 1.81 bits per heavy atom. The van der Waals surface area contributed by atoms with E-state index in [-0.39, 0.29) is 4.90 Å². The first kappa shape index (κ1) is 19.5. The summed E-state index contributed by atoms with van der Waals surface area (Å²) in [4.78, 5) is 2.62. The molecule has 0 saturated heterocycles. The summed E-state index contributed by atoms with van der Waals surface area (Å²) in [5, 5.41) is 0.935. The molecule has 0 atom stereocenters. The summed E-state index contributed by atoms with van der Waals surface area (Å²) in [5.74, 6) is 0.660. The van der Waals surface area contributed by atoms with Crippen LogP contribution in [-0.4, -0.2) is 37.5 Å². The van der Waals surface area contributed by atoms with E-state index in [9.17, 15) is 8.42 Å². The SMILES string of the molecule is CCCN(CC)Cc1cc(OC)cc2c1ccn2S(=O)(=O)c1ccccc1. The van der Waals surface area contributed by atoms with Gasteiger partial charge in [-0.05, 0) is 49.3 Å². The number of ether oxygens (including phenoxy) is 1. The zero-order chi connectivity index (χ0) is 19.4. The summed E-state index contributed by atoms with van der Waals surface area (Å²) in [6.07, 6.45) is 2.70. The molecule has 144 valence electrons. The number of hydrogen-bond donors (Lipinski definition) is 0. The third kappa shape index (κ3) is 3.87. The van der Waals surface area contributed by atoms with Gasteiger partial charge >= 0.3 is 0 Å². The second-order valence-electron chi connectivity index (χ2n) is 6.52. The maximum absolute atomic E-state index is 13.1. The molecule has 6 heteroatoms. The van der Waals surface area contributed by atoms with Gasteiger partial charge in [-0.25, -0.2) is 12.4 Å². The lowest BCUT2D eigenvalue weighted by molar-refractivity contribution is 0.281. The molecular formula is C21H26N2O3S. The van der Waals surface area contributed by atoms with Crippen LogP contribution in [0, 0.1) is 0 Å². The van der Waals surface area contributed by atoms with Crippen LogP contribution in [0.3, 0.4) is 0 Å². The second kappa shape index (κ2) is 8.15. The molecule has 0 unspecified atom stereocenters. The first-order valence-corrected chi connectivity index (χ1v) is 10.7. The monoisotopic (exact) mass is 386 g/mol. The predicted octanol–water partition coefficient (Wildman–Crippen LogP) is 4.12. The summed E-state index contributed by atoms with van der Waals surface area (Å²) < 4.78 is 33.0. The van der Waals surface area contributed by atoms with Gasteiger partial charge in [0.1, 0.15) is 5.75 Å². The van der Waals surface area contributed by atoms with Gasteiger partial charge in [0.05, 0.1) is 17.5 Å². The van der Waals surface area contributed by atoms with E-state index >= 15 is 0 Å². The summed E-state index contributed by atoms with van der Waals surface area (Å²) >= 11 is 0. The Balaban J connectivity index is 2.14. The minimum Gasteiger partial charge on any atom is -0.497 e. The lowest BCUT2D eigenvalue weighted by atomic mass is 10.1. The van der Waals surface area contributed by atoms with Crippen molar-refractivity contribution in [3.8, 4) is 5.75 Å². The molecule has 3 rings (SSSR count). The summed E-state index contributed by atoms with van der Waals surface area (Å²) in [6, 6.07) is 14.2. The maximum Gasteiger partial charge on any atom is 0.268 e. The van der Waals surface area contributed by atoms with Crippen LogP contribution >= 0.6 is 0 Å². The Morgan fingerprint density at radius 3 is 2.44 bits per heavy atom. The highest BCUT2D eigenvalue weighted by Gasteiger charge is 2.20. The van der Waals surface area contributed by atoms with Crippen LogP contribution in [0.25, 0.3) is 10.9 Å². The fraction of sp³-hybridized carbons (Fsp3) is 0.333. The number of hydrogen-bond acceptors (Lipinski definition) is 4. The number of methoxy groups -OCH3 is 1. The lowest BCUT2D eigenvalue weighted by Gasteiger charge is -2.20. The van der Waals surface area contributed by atoms with Gasteiger partial charge in [-0.1, -0.05) is 32.0 Å². The molecule has 0 aliphatic rings. The molecule has 2 aromatic carbocycles. The average molecular weight is 387 g/mol. The number of aromatic nitrogens is 1. The Labute approximate surface area is 161 Å². The van der Waals surface area contributed by atoms with Gasteiger partial charge in [0.25, 0.3) is 10.0 Å². The van der Waals surface area contributed by atoms with Crippen molar-refractivity contribution in [2.75, 3.05) is 20.2 Å². The molecule has 0 aliphatic carbocycles. The quantitative estimate of drug-likeness (QED) is 0.584. The van der Waals surface area contributed by atoms with Crippen LogP contribution < -0.4 is 4.74 Å². The molecule has 5 nitrogen and oxygen atoms in total. The Morgan fingerprint density at radius 1 is 1.07 bits per heavy atom. The molecule has 1 heterocycles. The summed E-state index contributed by atoms with van der Waals surface area (Å²) in [5.41, 5.74) is 1.71. The van der Waals surface area contributed by atoms with E-state index in [0.717, 1.165) is 37.0 Å². The first-order valence-electron chi connectivity index (χ1n) is 9.22. The van der Waals surface area contributed by atoms with Gasteiger partial charge in [0, 0.05) is 24.2 Å². The maximum atomic E-state index is 13.1. The number of nitrogens with zero attached hydrogens (tertiary/aromatic N) is 2. The zero-order valence-corrected chi connectivity index (χ0v) is 16.9. The standard InChI is InChI=1S/C21H26N2O3S/c1-4-12-22(5-2)16-17-14-18(26-3)15-21-20(17)11-13-23(21)27(24,25)19-9-7-6-8-10-19/h6-11,13-15H,4-5,12,16H2,1-3H3. The van der Waals surface area contributed by atoms with Gasteiger partial charge < -0.3 is 4.74 Å². The second-order valence-corrected chi connectivity index (χ2v) is 8.33. The third-order valence-electron chi connectivity index (χ3n) is 4.75. The van der Waals surface area contributed by atoms with Crippen LogP contribution in [0.1, 0.15) is 25.8 Å². The van der Waals surface area contributed by atoms with Crippen molar-refractivity contribution < 1.29 is 13.2 Å². The highest BCUT2D eigenvalue weighted by atomic mass is 32.2. The Bertz CT molecular complexity index is 1010. The number of fused-ring (bicyclic) bond motifs is 1. The molecule has 0 saturated carbocycles. The normalized spacial score (nSPS) is 12.0. The van der Waals surface area contributed by atoms with E-state index in [1.165, 1.54) is 3.97 Å². The molecule has 0 N–H and O–H groups in total. The van der Waals surface area contributed by atoms with Crippen LogP contribution in [0.15, 0.2) is 59.6 Å². The summed E-state index contributed by atoms with van der Waals surface area (Å²) in [6.45, 7) is 6.99. The van der Waals surface area contributed by atoms with Crippen molar-refractivity contribution in [1.29, 1.82) is 0 Å². The molecule has 1 aromatic heterocycles. The molecular weight excluding hydrogens is 360 g/mol. The van der Waals surface area contributed by atoms with E-state index in [0.29, 0.717) is 11.3 Å².